The predicted octanol–water partition coefficient (Wildman–Crippen LogP) is 3.38. The molecule has 174 valence electrons. The van der Waals surface area contributed by atoms with Gasteiger partial charge in [0.1, 0.15) is 11.8 Å². The Hall–Kier alpha value is -2.68. The second-order valence-electron chi connectivity index (χ2n) is 7.97. The number of amides is 1. The fourth-order valence-corrected chi connectivity index (χ4v) is 4.57. The van der Waals surface area contributed by atoms with Crippen molar-refractivity contribution in [2.75, 3.05) is 19.8 Å². The van der Waals surface area contributed by atoms with Gasteiger partial charge in [0, 0.05) is 13.0 Å². The van der Waals surface area contributed by atoms with Crippen LogP contribution in [0.3, 0.4) is 0 Å². The summed E-state index contributed by atoms with van der Waals surface area (Å²) in [6.45, 7) is 3.37. The molecule has 4 rings (SSSR count). The molecule has 2 saturated heterocycles. The van der Waals surface area contributed by atoms with Crippen LogP contribution in [-0.2, 0) is 20.7 Å². The molecule has 2 aromatic carbocycles. The minimum Gasteiger partial charge on any atom is -0.464 e. The number of fused-ring (bicyclic) bond motifs is 2. The summed E-state index contributed by atoms with van der Waals surface area (Å²) in [6, 6.07) is 13.4. The van der Waals surface area contributed by atoms with Crippen molar-refractivity contribution in [2.24, 2.45) is 0 Å². The largest absolute Gasteiger partial charge is 0.464 e. The third-order valence-electron chi connectivity index (χ3n) is 5.70. The SMILES string of the molecule is CCOC(=O)[C@H](Cc1ccc(OC(=S)N2CC3CC2CO3)cc1)NC(=O)c1ccccc1Cl. The Kier molecular flexibility index (Phi) is 7.47. The first kappa shape index (κ1) is 23.5. The molecule has 9 heteroatoms. The van der Waals surface area contributed by atoms with E-state index in [4.69, 9.17) is 38.0 Å². The lowest BCUT2D eigenvalue weighted by Crippen LogP contribution is -2.43. The van der Waals surface area contributed by atoms with Crippen LogP contribution in [0.15, 0.2) is 48.5 Å². The monoisotopic (exact) mass is 488 g/mol. The van der Waals surface area contributed by atoms with Gasteiger partial charge in [0.25, 0.3) is 11.1 Å². The summed E-state index contributed by atoms with van der Waals surface area (Å²) in [5.74, 6) is -0.334. The minimum atomic E-state index is -0.860. The zero-order valence-corrected chi connectivity index (χ0v) is 19.7. The van der Waals surface area contributed by atoms with Crippen LogP contribution in [0.4, 0.5) is 0 Å². The molecule has 1 N–H and O–H groups in total. The van der Waals surface area contributed by atoms with Gasteiger partial charge in [0.2, 0.25) is 0 Å². The molecule has 2 aliphatic rings. The number of carbonyl (C=O) groups is 2. The number of nitrogens with one attached hydrogen (secondary N) is 1. The number of likely N-dealkylation sites (tertiary alicyclic amines) is 1. The standard InChI is InChI=1S/C24H25ClN2O5S/c1-2-30-23(29)21(26-22(28)19-5-3-4-6-20(19)25)11-15-7-9-17(10-8-15)32-24(33)27-13-18-12-16(27)14-31-18/h3-10,16,18,21H,2,11-14H2,1H3,(H,26,28)/t16?,18?,21-/m0/s1. The summed E-state index contributed by atoms with van der Waals surface area (Å²) in [7, 11) is 0. The molecule has 2 bridgehead atoms. The minimum absolute atomic E-state index is 0.213. The van der Waals surface area contributed by atoms with Gasteiger partial charge in [-0.3, -0.25) is 4.79 Å². The Balaban J connectivity index is 1.39. The zero-order chi connectivity index (χ0) is 23.4. The van der Waals surface area contributed by atoms with E-state index in [1.807, 2.05) is 12.1 Å². The Labute approximate surface area is 202 Å². The first-order valence-electron chi connectivity index (χ1n) is 10.9. The molecule has 33 heavy (non-hydrogen) atoms. The Bertz CT molecular complexity index is 1030. The average molecular weight is 489 g/mol. The normalized spacial score (nSPS) is 19.8. The smallest absolute Gasteiger partial charge is 0.328 e. The molecule has 0 radical (unpaired) electrons. The third kappa shape index (κ3) is 5.63. The van der Waals surface area contributed by atoms with Gasteiger partial charge in [-0.25, -0.2) is 4.79 Å². The first-order valence-corrected chi connectivity index (χ1v) is 11.6. The molecule has 2 aliphatic heterocycles. The number of ether oxygens (including phenoxy) is 3. The van der Waals surface area contributed by atoms with Crippen molar-refractivity contribution in [3.8, 4) is 5.75 Å². The molecule has 0 saturated carbocycles. The lowest BCUT2D eigenvalue weighted by atomic mass is 10.0. The molecule has 2 aromatic rings. The van der Waals surface area contributed by atoms with Crippen LogP contribution in [0, 0.1) is 0 Å². The zero-order valence-electron chi connectivity index (χ0n) is 18.2. The molecular weight excluding hydrogens is 464 g/mol. The van der Waals surface area contributed by atoms with Gasteiger partial charge in [0.15, 0.2) is 0 Å². The topological polar surface area (TPSA) is 77.1 Å². The van der Waals surface area contributed by atoms with E-state index in [1.165, 1.54) is 0 Å². The highest BCUT2D eigenvalue weighted by molar-refractivity contribution is 7.80. The van der Waals surface area contributed by atoms with Crippen LogP contribution < -0.4 is 10.1 Å². The maximum absolute atomic E-state index is 12.7. The van der Waals surface area contributed by atoms with E-state index in [0.29, 0.717) is 28.1 Å². The number of carbonyl (C=O) groups excluding carboxylic acids is 2. The van der Waals surface area contributed by atoms with Crippen LogP contribution in [0.2, 0.25) is 5.02 Å². The van der Waals surface area contributed by atoms with Crippen molar-refractivity contribution in [1.82, 2.24) is 10.2 Å². The molecule has 1 amide bonds. The summed E-state index contributed by atoms with van der Waals surface area (Å²) in [5, 5.41) is 3.49. The number of rotatable bonds is 7. The number of hydrogen-bond donors (Lipinski definition) is 1. The Morgan fingerprint density at radius 3 is 2.64 bits per heavy atom. The molecule has 0 aliphatic carbocycles. The van der Waals surface area contributed by atoms with E-state index in [2.05, 4.69) is 10.2 Å². The van der Waals surface area contributed by atoms with Crippen molar-refractivity contribution in [2.45, 2.75) is 38.0 Å². The van der Waals surface area contributed by atoms with Crippen LogP contribution in [0.5, 0.6) is 5.75 Å². The fraction of sp³-hybridized carbons (Fsp3) is 0.375. The lowest BCUT2D eigenvalue weighted by molar-refractivity contribution is -0.145. The number of hydrogen-bond acceptors (Lipinski definition) is 6. The highest BCUT2D eigenvalue weighted by Crippen LogP contribution is 2.29. The van der Waals surface area contributed by atoms with Gasteiger partial charge in [-0.05, 0) is 55.4 Å². The molecule has 0 aromatic heterocycles. The number of thiocarbonyl (C=S) groups is 1. The van der Waals surface area contributed by atoms with E-state index in [0.717, 1.165) is 18.5 Å². The Morgan fingerprint density at radius 1 is 1.24 bits per heavy atom. The summed E-state index contributed by atoms with van der Waals surface area (Å²) in [5.41, 5.74) is 1.13. The lowest BCUT2D eigenvalue weighted by Gasteiger charge is -2.28. The van der Waals surface area contributed by atoms with E-state index in [9.17, 15) is 9.59 Å². The summed E-state index contributed by atoms with van der Waals surface area (Å²) < 4.78 is 16.6. The fourth-order valence-electron chi connectivity index (χ4n) is 4.03. The molecule has 2 fully saturated rings. The number of halogens is 1. The average Bonchev–Trinajstić information content (AvgIpc) is 3.44. The number of esters is 1. The van der Waals surface area contributed by atoms with Crippen molar-refractivity contribution in [3.63, 3.8) is 0 Å². The van der Waals surface area contributed by atoms with Crippen LogP contribution >= 0.6 is 23.8 Å². The summed E-state index contributed by atoms with van der Waals surface area (Å²) in [4.78, 5) is 27.2. The van der Waals surface area contributed by atoms with E-state index < -0.39 is 17.9 Å². The number of nitrogens with zero attached hydrogens (tertiary/aromatic N) is 1. The van der Waals surface area contributed by atoms with E-state index in [-0.39, 0.29) is 25.2 Å². The second-order valence-corrected chi connectivity index (χ2v) is 8.73. The number of morpholine rings is 1. The van der Waals surface area contributed by atoms with Gasteiger partial charge in [-0.1, -0.05) is 35.9 Å². The van der Waals surface area contributed by atoms with Crippen molar-refractivity contribution < 1.29 is 23.8 Å². The molecule has 2 heterocycles. The predicted molar refractivity (Wildman–Crippen MR) is 128 cm³/mol. The van der Waals surface area contributed by atoms with Gasteiger partial charge < -0.3 is 24.4 Å². The highest BCUT2D eigenvalue weighted by atomic mass is 35.5. The molecule has 0 spiro atoms. The van der Waals surface area contributed by atoms with Gasteiger partial charge in [-0.15, -0.1) is 0 Å². The Morgan fingerprint density at radius 2 is 2.00 bits per heavy atom. The maximum atomic E-state index is 12.7. The quantitative estimate of drug-likeness (QED) is 0.473. The van der Waals surface area contributed by atoms with Crippen LogP contribution in [0.25, 0.3) is 0 Å². The third-order valence-corrected chi connectivity index (χ3v) is 6.35. The van der Waals surface area contributed by atoms with Crippen molar-refractivity contribution in [3.05, 3.63) is 64.7 Å². The molecule has 3 atom stereocenters. The van der Waals surface area contributed by atoms with Crippen LogP contribution in [0.1, 0.15) is 29.3 Å². The summed E-state index contributed by atoms with van der Waals surface area (Å²) >= 11 is 11.6. The van der Waals surface area contributed by atoms with Crippen LogP contribution in [-0.4, -0.2) is 59.9 Å². The van der Waals surface area contributed by atoms with E-state index in [1.54, 1.807) is 43.3 Å². The van der Waals surface area contributed by atoms with Gasteiger partial charge in [0.05, 0.1) is 35.9 Å². The van der Waals surface area contributed by atoms with Crippen molar-refractivity contribution in [1.29, 1.82) is 0 Å². The maximum Gasteiger partial charge on any atom is 0.328 e. The van der Waals surface area contributed by atoms with Gasteiger partial charge in [-0.2, -0.15) is 0 Å². The van der Waals surface area contributed by atoms with Gasteiger partial charge >= 0.3 is 5.97 Å². The van der Waals surface area contributed by atoms with Crippen molar-refractivity contribution >= 4 is 40.9 Å². The highest BCUT2D eigenvalue weighted by Gasteiger charge is 2.40. The number of benzene rings is 2. The molecule has 2 unspecified atom stereocenters. The molecule has 7 nitrogen and oxygen atoms in total. The summed E-state index contributed by atoms with van der Waals surface area (Å²) in [6.07, 6.45) is 1.48. The molecular formula is C24H25ClN2O5S. The van der Waals surface area contributed by atoms with E-state index >= 15 is 0 Å². The second kappa shape index (κ2) is 10.5. The first-order chi connectivity index (χ1) is 15.9.